The van der Waals surface area contributed by atoms with E-state index in [9.17, 15) is 24.6 Å². The summed E-state index contributed by atoms with van der Waals surface area (Å²) in [5.74, 6) is -4.69. The number of hydrogen-bond donors (Lipinski definition) is 2. The standard InChI is InChI=1S/C41H35ClN2O7/c1-51-28-14-17-34(46)32(21-28)36-29-15-16-30-35(39(49)43(37(30)47)19-18-23-10-12-27(45)13-11-23)31(29)22-33-38(48)44(26-9-5-8-25(42)20-26)40(50)41(33,36)24-6-3-2-4-7-24/h2-15,17,20-21,30-31,33,35-36,45-46H,16,18-19,22H2,1H3/t30-,31+,33-,35-,36+,41+/m0/s1. The van der Waals surface area contributed by atoms with Gasteiger partial charge in [0.2, 0.25) is 23.6 Å². The lowest BCUT2D eigenvalue weighted by molar-refractivity contribution is -0.140. The number of rotatable bonds is 7. The summed E-state index contributed by atoms with van der Waals surface area (Å²) >= 11 is 6.39. The lowest BCUT2D eigenvalue weighted by atomic mass is 9.49. The van der Waals surface area contributed by atoms with Crippen LogP contribution < -0.4 is 9.64 Å². The zero-order valence-corrected chi connectivity index (χ0v) is 28.5. The van der Waals surface area contributed by atoms with Crippen LogP contribution in [0.25, 0.3) is 0 Å². The van der Waals surface area contributed by atoms with Gasteiger partial charge in [0.05, 0.1) is 36.0 Å². The van der Waals surface area contributed by atoms with E-state index in [4.69, 9.17) is 16.3 Å². The number of likely N-dealkylation sites (tertiary alicyclic amines) is 1. The van der Waals surface area contributed by atoms with Crippen LogP contribution in [0, 0.1) is 23.7 Å². The largest absolute Gasteiger partial charge is 0.508 e. The molecule has 0 bridgehead atoms. The van der Waals surface area contributed by atoms with Gasteiger partial charge in [-0.25, -0.2) is 4.90 Å². The topological polar surface area (TPSA) is 124 Å². The highest BCUT2D eigenvalue weighted by atomic mass is 35.5. The number of phenolic OH excluding ortho intramolecular Hbond substituents is 2. The van der Waals surface area contributed by atoms with E-state index in [1.165, 1.54) is 23.0 Å². The molecule has 0 radical (unpaired) electrons. The predicted molar refractivity (Wildman–Crippen MR) is 189 cm³/mol. The van der Waals surface area contributed by atoms with Crippen LogP contribution in [0.15, 0.2) is 109 Å². The summed E-state index contributed by atoms with van der Waals surface area (Å²) in [5.41, 5.74) is 1.44. The Morgan fingerprint density at radius 3 is 2.33 bits per heavy atom. The first kappa shape index (κ1) is 32.8. The number of nitrogens with zero attached hydrogens (tertiary/aromatic N) is 2. The number of amides is 4. The molecule has 258 valence electrons. The summed E-state index contributed by atoms with van der Waals surface area (Å²) in [6.45, 7) is 0.176. The van der Waals surface area contributed by atoms with Gasteiger partial charge in [-0.1, -0.05) is 71.8 Å². The third kappa shape index (κ3) is 4.97. The van der Waals surface area contributed by atoms with E-state index in [0.29, 0.717) is 34.0 Å². The number of methoxy groups -OCH3 is 1. The molecule has 4 aromatic carbocycles. The molecular weight excluding hydrogens is 668 g/mol. The van der Waals surface area contributed by atoms with Gasteiger partial charge in [0.25, 0.3) is 0 Å². The molecule has 4 aromatic rings. The highest BCUT2D eigenvalue weighted by Gasteiger charge is 2.70. The molecule has 2 saturated heterocycles. The smallest absolute Gasteiger partial charge is 0.246 e. The van der Waals surface area contributed by atoms with E-state index in [1.807, 2.05) is 36.4 Å². The van der Waals surface area contributed by atoms with E-state index >= 15 is 4.79 Å². The van der Waals surface area contributed by atoms with Gasteiger partial charge in [-0.3, -0.25) is 24.1 Å². The molecule has 2 heterocycles. The Hall–Kier alpha value is -5.41. The predicted octanol–water partition coefficient (Wildman–Crippen LogP) is 6.16. The third-order valence-electron chi connectivity index (χ3n) is 11.4. The minimum absolute atomic E-state index is 0.0793. The number of hydrogen-bond acceptors (Lipinski definition) is 7. The van der Waals surface area contributed by atoms with Crippen molar-refractivity contribution in [2.24, 2.45) is 23.7 Å². The summed E-state index contributed by atoms with van der Waals surface area (Å²) in [6.07, 6.45) is 2.80. The van der Waals surface area contributed by atoms with Crippen LogP contribution in [0.4, 0.5) is 5.69 Å². The minimum Gasteiger partial charge on any atom is -0.508 e. The number of ether oxygens (including phenoxy) is 1. The van der Waals surface area contributed by atoms with Crippen molar-refractivity contribution in [2.45, 2.75) is 30.6 Å². The summed E-state index contributed by atoms with van der Waals surface area (Å²) < 4.78 is 5.60. The number of halogens is 1. The Labute approximate surface area is 299 Å². The highest BCUT2D eigenvalue weighted by Crippen LogP contribution is 2.65. The molecule has 6 atom stereocenters. The van der Waals surface area contributed by atoms with Crippen molar-refractivity contribution in [3.05, 3.63) is 130 Å². The molecule has 4 aliphatic rings. The third-order valence-corrected chi connectivity index (χ3v) is 11.6. The molecule has 1 saturated carbocycles. The summed E-state index contributed by atoms with van der Waals surface area (Å²) in [6, 6.07) is 27.3. The number of imide groups is 2. The number of benzene rings is 4. The Balaban J connectivity index is 1.29. The van der Waals surface area contributed by atoms with Crippen molar-refractivity contribution in [3.63, 3.8) is 0 Å². The average Bonchev–Trinajstić information content (AvgIpc) is 3.52. The molecule has 8 rings (SSSR count). The van der Waals surface area contributed by atoms with Crippen LogP contribution in [0.1, 0.15) is 35.4 Å². The molecule has 9 nitrogen and oxygen atoms in total. The van der Waals surface area contributed by atoms with Gasteiger partial charge in [0.1, 0.15) is 17.2 Å². The van der Waals surface area contributed by atoms with Gasteiger partial charge >= 0.3 is 0 Å². The summed E-state index contributed by atoms with van der Waals surface area (Å²) in [5, 5.41) is 21.7. The van der Waals surface area contributed by atoms with Gasteiger partial charge < -0.3 is 14.9 Å². The zero-order valence-electron chi connectivity index (χ0n) is 27.7. The summed E-state index contributed by atoms with van der Waals surface area (Å²) in [4.78, 5) is 61.0. The van der Waals surface area contributed by atoms with Crippen LogP contribution in [-0.2, 0) is 31.0 Å². The van der Waals surface area contributed by atoms with Gasteiger partial charge in [-0.2, -0.15) is 0 Å². The second kappa shape index (κ2) is 12.4. The molecular formula is C41H35ClN2O7. The molecule has 3 fully saturated rings. The fourth-order valence-corrected chi connectivity index (χ4v) is 9.35. The number of carbonyl (C=O) groups excluding carboxylic acids is 4. The molecule has 2 aliphatic heterocycles. The minimum atomic E-state index is -1.51. The van der Waals surface area contributed by atoms with Crippen LogP contribution in [0.3, 0.4) is 0 Å². The maximum absolute atomic E-state index is 15.3. The van der Waals surface area contributed by atoms with Crippen LogP contribution in [0.5, 0.6) is 17.2 Å². The normalized spacial score (nSPS) is 26.9. The molecule has 10 heteroatoms. The van der Waals surface area contributed by atoms with Crippen LogP contribution in [0.2, 0.25) is 5.02 Å². The highest BCUT2D eigenvalue weighted by molar-refractivity contribution is 6.32. The molecule has 51 heavy (non-hydrogen) atoms. The monoisotopic (exact) mass is 702 g/mol. The fourth-order valence-electron chi connectivity index (χ4n) is 9.17. The maximum Gasteiger partial charge on any atom is 0.246 e. The van der Waals surface area contributed by atoms with Crippen LogP contribution >= 0.6 is 11.6 Å². The fraction of sp³-hybridized carbons (Fsp3) is 0.268. The quantitative estimate of drug-likeness (QED) is 0.175. The van der Waals surface area contributed by atoms with Crippen molar-refractivity contribution >= 4 is 40.9 Å². The molecule has 4 amide bonds. The lowest BCUT2D eigenvalue weighted by Gasteiger charge is -2.50. The first-order valence-corrected chi connectivity index (χ1v) is 17.4. The number of allylic oxidation sites excluding steroid dienone is 2. The molecule has 0 spiro atoms. The first-order valence-electron chi connectivity index (χ1n) is 17.0. The number of anilines is 1. The Morgan fingerprint density at radius 1 is 0.843 bits per heavy atom. The lowest BCUT2D eigenvalue weighted by Crippen LogP contribution is -2.53. The van der Waals surface area contributed by atoms with Gasteiger partial charge in [0, 0.05) is 23.0 Å². The molecule has 0 aromatic heterocycles. The van der Waals surface area contributed by atoms with Crippen molar-refractivity contribution in [3.8, 4) is 17.2 Å². The second-order valence-electron chi connectivity index (χ2n) is 13.8. The van der Waals surface area contributed by atoms with E-state index in [1.54, 1.807) is 60.7 Å². The van der Waals surface area contributed by atoms with E-state index in [-0.39, 0.29) is 42.7 Å². The van der Waals surface area contributed by atoms with E-state index < -0.39 is 46.8 Å². The Kier molecular flexibility index (Phi) is 7.98. The zero-order chi connectivity index (χ0) is 35.6. The van der Waals surface area contributed by atoms with E-state index in [2.05, 4.69) is 0 Å². The van der Waals surface area contributed by atoms with Gasteiger partial charge in [-0.05, 0) is 84.8 Å². The molecule has 2 N–H and O–H groups in total. The first-order chi connectivity index (χ1) is 24.6. The number of fused-ring (bicyclic) bond motifs is 4. The van der Waals surface area contributed by atoms with Crippen molar-refractivity contribution in [1.29, 1.82) is 0 Å². The average molecular weight is 703 g/mol. The molecule has 0 unspecified atom stereocenters. The van der Waals surface area contributed by atoms with Crippen molar-refractivity contribution < 1.29 is 34.1 Å². The van der Waals surface area contributed by atoms with Gasteiger partial charge in [-0.15, -0.1) is 0 Å². The van der Waals surface area contributed by atoms with Crippen LogP contribution in [-0.4, -0.2) is 52.4 Å². The second-order valence-corrected chi connectivity index (χ2v) is 14.2. The Bertz CT molecular complexity index is 2120. The Morgan fingerprint density at radius 2 is 1.61 bits per heavy atom. The maximum atomic E-state index is 15.3. The number of aromatic hydroxyl groups is 2. The van der Waals surface area contributed by atoms with Crippen molar-refractivity contribution in [2.75, 3.05) is 18.6 Å². The SMILES string of the molecule is COc1ccc(O)c([C@H]2C3=CC[C@@H]4C(=O)N(CCc5ccc(O)cc5)C(=O)[C@@H]4[C@@H]3C[C@H]3C(=O)N(c4cccc(Cl)c4)C(=O)[C@@]23c2ccccc2)c1. The number of carbonyl (C=O) groups is 4. The summed E-state index contributed by atoms with van der Waals surface area (Å²) in [7, 11) is 1.51. The van der Waals surface area contributed by atoms with E-state index in [0.717, 1.165) is 11.1 Å². The number of phenols is 2. The van der Waals surface area contributed by atoms with Gasteiger partial charge in [0.15, 0.2) is 0 Å². The van der Waals surface area contributed by atoms with Crippen molar-refractivity contribution in [1.82, 2.24) is 4.90 Å². The molecule has 2 aliphatic carbocycles.